The van der Waals surface area contributed by atoms with Gasteiger partial charge in [0.05, 0.1) is 5.69 Å². The fraction of sp³-hybridized carbons (Fsp3) is 0.750. The lowest BCUT2D eigenvalue weighted by Crippen LogP contribution is -2.28. The normalized spacial score (nSPS) is 11.9. The second-order valence-corrected chi connectivity index (χ2v) is 6.51. The third kappa shape index (κ3) is 3.76. The first kappa shape index (κ1) is 13.5. The molecule has 0 radical (unpaired) electrons. The molecule has 0 amide bonds. The lowest BCUT2D eigenvalue weighted by Gasteiger charge is -2.26. The maximum atomic E-state index is 4.62. The SMILES string of the molecule is CNCc1sc(N(C)CC(C)(C)C)nc1C. The van der Waals surface area contributed by atoms with Crippen LogP contribution in [0.4, 0.5) is 5.13 Å². The van der Waals surface area contributed by atoms with Gasteiger partial charge < -0.3 is 10.2 Å². The fourth-order valence-corrected chi connectivity index (χ4v) is 2.71. The zero-order chi connectivity index (χ0) is 12.3. The van der Waals surface area contributed by atoms with Gasteiger partial charge in [-0.1, -0.05) is 20.8 Å². The summed E-state index contributed by atoms with van der Waals surface area (Å²) in [6.45, 7) is 10.8. The van der Waals surface area contributed by atoms with Crippen molar-refractivity contribution in [2.24, 2.45) is 5.41 Å². The molecule has 0 saturated carbocycles. The first-order valence-corrected chi connectivity index (χ1v) is 6.47. The monoisotopic (exact) mass is 241 g/mol. The van der Waals surface area contributed by atoms with Crippen molar-refractivity contribution in [1.29, 1.82) is 0 Å². The van der Waals surface area contributed by atoms with Crippen molar-refractivity contribution in [3.8, 4) is 0 Å². The summed E-state index contributed by atoms with van der Waals surface area (Å²) in [5.41, 5.74) is 1.45. The first-order chi connectivity index (χ1) is 7.33. The molecule has 1 N–H and O–H groups in total. The molecule has 4 heteroatoms. The van der Waals surface area contributed by atoms with E-state index in [2.05, 4.69) is 49.9 Å². The van der Waals surface area contributed by atoms with Gasteiger partial charge in [0.2, 0.25) is 0 Å². The number of nitrogens with one attached hydrogen (secondary N) is 1. The van der Waals surface area contributed by atoms with Gasteiger partial charge in [-0.15, -0.1) is 11.3 Å². The Balaban J connectivity index is 2.76. The highest BCUT2D eigenvalue weighted by molar-refractivity contribution is 7.15. The molecule has 3 nitrogen and oxygen atoms in total. The minimum absolute atomic E-state index is 0.303. The van der Waals surface area contributed by atoms with E-state index in [1.54, 1.807) is 11.3 Å². The Morgan fingerprint density at radius 2 is 2.00 bits per heavy atom. The highest BCUT2D eigenvalue weighted by Gasteiger charge is 2.17. The van der Waals surface area contributed by atoms with E-state index in [9.17, 15) is 0 Å². The topological polar surface area (TPSA) is 28.2 Å². The summed E-state index contributed by atoms with van der Waals surface area (Å²) < 4.78 is 0. The van der Waals surface area contributed by atoms with E-state index in [1.807, 2.05) is 7.05 Å². The Hall–Kier alpha value is -0.610. The average molecular weight is 241 g/mol. The summed E-state index contributed by atoms with van der Waals surface area (Å²) in [5, 5.41) is 4.30. The summed E-state index contributed by atoms with van der Waals surface area (Å²) in [4.78, 5) is 8.20. The number of rotatable bonds is 4. The minimum Gasteiger partial charge on any atom is -0.351 e. The number of thiazole rings is 1. The second kappa shape index (κ2) is 5.15. The highest BCUT2D eigenvalue weighted by atomic mass is 32.1. The largest absolute Gasteiger partial charge is 0.351 e. The van der Waals surface area contributed by atoms with Crippen molar-refractivity contribution < 1.29 is 0 Å². The summed E-state index contributed by atoms with van der Waals surface area (Å²) in [6.07, 6.45) is 0. The molecule has 0 saturated heterocycles. The standard InChI is InChI=1S/C12H23N3S/c1-9-10(7-13-5)16-11(14-9)15(6)8-12(2,3)4/h13H,7-8H2,1-6H3. The van der Waals surface area contributed by atoms with Crippen molar-refractivity contribution >= 4 is 16.5 Å². The smallest absolute Gasteiger partial charge is 0.185 e. The molecule has 0 aromatic carbocycles. The van der Waals surface area contributed by atoms with E-state index in [0.29, 0.717) is 5.41 Å². The van der Waals surface area contributed by atoms with Gasteiger partial charge in [-0.2, -0.15) is 0 Å². The van der Waals surface area contributed by atoms with E-state index in [-0.39, 0.29) is 0 Å². The predicted molar refractivity (Wildman–Crippen MR) is 72.3 cm³/mol. The number of aromatic nitrogens is 1. The van der Waals surface area contributed by atoms with Crippen LogP contribution in [-0.2, 0) is 6.54 Å². The number of nitrogens with zero attached hydrogens (tertiary/aromatic N) is 2. The molecule has 0 aliphatic carbocycles. The molecule has 1 heterocycles. The summed E-state index contributed by atoms with van der Waals surface area (Å²) in [7, 11) is 4.09. The Kier molecular flexibility index (Phi) is 4.33. The molecule has 0 fully saturated rings. The third-order valence-corrected chi connectivity index (χ3v) is 3.53. The minimum atomic E-state index is 0.303. The van der Waals surface area contributed by atoms with Gasteiger partial charge in [0.25, 0.3) is 0 Å². The molecule has 92 valence electrons. The highest BCUT2D eigenvalue weighted by Crippen LogP contribution is 2.27. The number of hydrogen-bond acceptors (Lipinski definition) is 4. The molecule has 1 aromatic rings. The molecule has 0 aliphatic heterocycles. The van der Waals surface area contributed by atoms with Crippen molar-refractivity contribution in [2.45, 2.75) is 34.2 Å². The lowest BCUT2D eigenvalue weighted by molar-refractivity contribution is 0.418. The Morgan fingerprint density at radius 1 is 1.38 bits per heavy atom. The molecule has 1 rings (SSSR count). The van der Waals surface area contributed by atoms with Gasteiger partial charge in [0.1, 0.15) is 0 Å². The van der Waals surface area contributed by atoms with E-state index < -0.39 is 0 Å². The fourth-order valence-electron chi connectivity index (χ4n) is 1.68. The van der Waals surface area contributed by atoms with Gasteiger partial charge >= 0.3 is 0 Å². The molecule has 0 bridgehead atoms. The molecule has 16 heavy (non-hydrogen) atoms. The van der Waals surface area contributed by atoms with E-state index >= 15 is 0 Å². The molecule has 1 aromatic heterocycles. The van der Waals surface area contributed by atoms with Crippen LogP contribution in [0, 0.1) is 12.3 Å². The summed E-state index contributed by atoms with van der Waals surface area (Å²) in [6, 6.07) is 0. The Labute approximate surface area is 103 Å². The summed E-state index contributed by atoms with van der Waals surface area (Å²) in [5.74, 6) is 0. The van der Waals surface area contributed by atoms with Crippen LogP contribution in [0.3, 0.4) is 0 Å². The van der Waals surface area contributed by atoms with Gasteiger partial charge in [-0.25, -0.2) is 4.98 Å². The van der Waals surface area contributed by atoms with Gasteiger partial charge in [0, 0.05) is 25.0 Å². The maximum Gasteiger partial charge on any atom is 0.185 e. The van der Waals surface area contributed by atoms with Crippen molar-refractivity contribution in [2.75, 3.05) is 25.5 Å². The van der Waals surface area contributed by atoms with Gasteiger partial charge in [-0.3, -0.25) is 0 Å². The lowest BCUT2D eigenvalue weighted by atomic mass is 9.96. The molecule has 0 aliphatic rings. The van der Waals surface area contributed by atoms with Crippen LogP contribution in [0.2, 0.25) is 0 Å². The molecule has 0 spiro atoms. The first-order valence-electron chi connectivity index (χ1n) is 5.65. The second-order valence-electron chi connectivity index (χ2n) is 5.45. The Bertz CT molecular complexity index is 339. The van der Waals surface area contributed by atoms with Crippen LogP contribution >= 0.6 is 11.3 Å². The zero-order valence-corrected chi connectivity index (χ0v) is 12.0. The van der Waals surface area contributed by atoms with Crippen molar-refractivity contribution in [3.05, 3.63) is 10.6 Å². The van der Waals surface area contributed by atoms with Crippen LogP contribution in [0.5, 0.6) is 0 Å². The van der Waals surface area contributed by atoms with Gasteiger partial charge in [-0.05, 0) is 19.4 Å². The van der Waals surface area contributed by atoms with E-state index in [0.717, 1.165) is 23.9 Å². The molecular weight excluding hydrogens is 218 g/mol. The van der Waals surface area contributed by atoms with E-state index in [4.69, 9.17) is 0 Å². The number of aryl methyl sites for hydroxylation is 1. The van der Waals surface area contributed by atoms with Crippen LogP contribution < -0.4 is 10.2 Å². The Morgan fingerprint density at radius 3 is 2.50 bits per heavy atom. The third-order valence-electron chi connectivity index (χ3n) is 2.26. The molecule has 0 unspecified atom stereocenters. The predicted octanol–water partition coefficient (Wildman–Crippen LogP) is 2.65. The molecular formula is C12H23N3S. The van der Waals surface area contributed by atoms with E-state index in [1.165, 1.54) is 4.88 Å². The molecule has 0 atom stereocenters. The van der Waals surface area contributed by atoms with Crippen LogP contribution in [0.15, 0.2) is 0 Å². The quantitative estimate of drug-likeness (QED) is 0.878. The van der Waals surface area contributed by atoms with Crippen LogP contribution in [0.1, 0.15) is 31.3 Å². The number of anilines is 1. The average Bonchev–Trinajstić information content (AvgIpc) is 2.46. The van der Waals surface area contributed by atoms with Crippen LogP contribution in [0.25, 0.3) is 0 Å². The maximum absolute atomic E-state index is 4.62. The number of hydrogen-bond donors (Lipinski definition) is 1. The van der Waals surface area contributed by atoms with Crippen molar-refractivity contribution in [3.63, 3.8) is 0 Å². The van der Waals surface area contributed by atoms with Crippen LogP contribution in [-0.4, -0.2) is 25.6 Å². The van der Waals surface area contributed by atoms with Crippen molar-refractivity contribution in [1.82, 2.24) is 10.3 Å². The van der Waals surface area contributed by atoms with Gasteiger partial charge in [0.15, 0.2) is 5.13 Å². The summed E-state index contributed by atoms with van der Waals surface area (Å²) >= 11 is 1.79. The zero-order valence-electron chi connectivity index (χ0n) is 11.2.